The molecule has 0 saturated heterocycles. The van der Waals surface area contributed by atoms with Gasteiger partial charge >= 0.3 is 0 Å². The number of H-pyrrole nitrogens is 1. The molecule has 2 heterocycles. The summed E-state index contributed by atoms with van der Waals surface area (Å²) in [4.78, 5) is 7.74. The van der Waals surface area contributed by atoms with Gasteiger partial charge in [-0.1, -0.05) is 18.2 Å². The van der Waals surface area contributed by atoms with Gasteiger partial charge in [-0.2, -0.15) is 4.98 Å². The average molecular weight is 320 g/mol. The van der Waals surface area contributed by atoms with Gasteiger partial charge in [-0.25, -0.2) is 0 Å². The van der Waals surface area contributed by atoms with Crippen molar-refractivity contribution in [2.24, 2.45) is 0 Å². The summed E-state index contributed by atoms with van der Waals surface area (Å²) in [5.41, 5.74) is 10.00. The summed E-state index contributed by atoms with van der Waals surface area (Å²) in [5, 5.41) is 12.5. The minimum atomic E-state index is 0.448. The molecule has 4 N–H and O–H groups in total. The quantitative estimate of drug-likeness (QED) is 0.500. The van der Waals surface area contributed by atoms with Crippen LogP contribution in [0.2, 0.25) is 0 Å². The Hall–Kier alpha value is -3.35. The summed E-state index contributed by atoms with van der Waals surface area (Å²) in [5.74, 6) is 1.22. The maximum absolute atomic E-state index is 5.94. The van der Waals surface area contributed by atoms with E-state index in [1.54, 1.807) is 7.11 Å². The normalized spacial score (nSPS) is 11.0. The molecule has 0 fully saturated rings. The number of methoxy groups -OCH3 is 1. The molecule has 0 atom stereocenters. The number of ether oxygens (including phenoxy) is 1. The molecule has 0 spiro atoms. The lowest BCUT2D eigenvalue weighted by atomic mass is 10.2. The van der Waals surface area contributed by atoms with E-state index in [1.165, 1.54) is 0 Å². The van der Waals surface area contributed by atoms with Crippen molar-refractivity contribution < 1.29 is 4.74 Å². The van der Waals surface area contributed by atoms with Crippen molar-refractivity contribution in [1.82, 2.24) is 20.2 Å². The van der Waals surface area contributed by atoms with Crippen LogP contribution in [-0.2, 0) is 6.54 Å². The molecule has 0 saturated carbocycles. The summed E-state index contributed by atoms with van der Waals surface area (Å²) >= 11 is 0. The van der Waals surface area contributed by atoms with Crippen molar-refractivity contribution in [1.29, 1.82) is 0 Å². The predicted molar refractivity (Wildman–Crippen MR) is 93.9 cm³/mol. The number of aromatic nitrogens is 4. The Bertz CT molecular complexity index is 1030. The van der Waals surface area contributed by atoms with Crippen LogP contribution in [0.4, 0.5) is 11.6 Å². The first-order chi connectivity index (χ1) is 11.7. The maximum Gasteiger partial charge on any atom is 0.245 e. The van der Waals surface area contributed by atoms with Crippen LogP contribution < -0.4 is 15.8 Å². The van der Waals surface area contributed by atoms with Crippen molar-refractivity contribution >= 4 is 33.7 Å². The molecular weight excluding hydrogens is 304 g/mol. The van der Waals surface area contributed by atoms with E-state index < -0.39 is 0 Å². The van der Waals surface area contributed by atoms with E-state index >= 15 is 0 Å². The number of nitrogen functional groups attached to an aromatic ring is 1. The fourth-order valence-corrected chi connectivity index (χ4v) is 2.62. The fraction of sp³-hybridized carbons (Fsp3) is 0.118. The molecule has 2 aromatic heterocycles. The van der Waals surface area contributed by atoms with E-state index in [9.17, 15) is 0 Å². The van der Waals surface area contributed by atoms with Crippen LogP contribution >= 0.6 is 0 Å². The van der Waals surface area contributed by atoms with Crippen LogP contribution in [0.5, 0.6) is 5.75 Å². The number of aromatic amines is 1. The number of hydrogen-bond acceptors (Lipinski definition) is 6. The smallest absolute Gasteiger partial charge is 0.245 e. The molecule has 0 radical (unpaired) electrons. The molecule has 0 aliphatic rings. The molecule has 4 rings (SSSR count). The minimum absolute atomic E-state index is 0.448. The molecule has 120 valence electrons. The second-order valence-electron chi connectivity index (χ2n) is 5.42. The van der Waals surface area contributed by atoms with Gasteiger partial charge in [-0.15, -0.1) is 10.2 Å². The number of hydrogen-bond donors (Lipinski definition) is 3. The van der Waals surface area contributed by atoms with Gasteiger partial charge in [0, 0.05) is 23.1 Å². The lowest BCUT2D eigenvalue weighted by Gasteiger charge is -2.06. The standard InChI is InChI=1S/C17H16N6O/c1-24-11-6-7-14-12(8-11)15-16(20-14)21-17(23-22-15)19-9-10-4-2-3-5-13(10)18/h2-8H,9,18H2,1H3,(H2,19,20,21,23). The summed E-state index contributed by atoms with van der Waals surface area (Å²) in [6.07, 6.45) is 0. The lowest BCUT2D eigenvalue weighted by Crippen LogP contribution is -2.06. The van der Waals surface area contributed by atoms with Crippen molar-refractivity contribution in [2.45, 2.75) is 6.54 Å². The predicted octanol–water partition coefficient (Wildman–Crippen LogP) is 2.71. The Balaban J connectivity index is 1.66. The van der Waals surface area contributed by atoms with Crippen molar-refractivity contribution in [3.63, 3.8) is 0 Å². The second-order valence-corrected chi connectivity index (χ2v) is 5.42. The van der Waals surface area contributed by atoms with Crippen LogP contribution in [-0.4, -0.2) is 27.3 Å². The molecule has 0 amide bonds. The molecule has 4 aromatic rings. The molecule has 7 heteroatoms. The topological polar surface area (TPSA) is 102 Å². The van der Waals surface area contributed by atoms with Crippen LogP contribution in [0, 0.1) is 0 Å². The van der Waals surface area contributed by atoms with E-state index in [0.717, 1.165) is 27.9 Å². The number of nitrogens with two attached hydrogens (primary N) is 1. The molecule has 2 aromatic carbocycles. The lowest BCUT2D eigenvalue weighted by molar-refractivity contribution is 0.415. The summed E-state index contributed by atoms with van der Waals surface area (Å²) in [7, 11) is 1.64. The largest absolute Gasteiger partial charge is 0.497 e. The summed E-state index contributed by atoms with van der Waals surface area (Å²) in [6, 6.07) is 13.4. The molecule has 0 unspecified atom stereocenters. The van der Waals surface area contributed by atoms with Crippen molar-refractivity contribution in [3.8, 4) is 5.75 Å². The fourth-order valence-electron chi connectivity index (χ4n) is 2.62. The molecular formula is C17H16N6O. The first kappa shape index (κ1) is 14.3. The monoisotopic (exact) mass is 320 g/mol. The average Bonchev–Trinajstić information content (AvgIpc) is 2.97. The van der Waals surface area contributed by atoms with Gasteiger partial charge in [-0.3, -0.25) is 0 Å². The number of fused-ring (bicyclic) bond motifs is 3. The third-order valence-electron chi connectivity index (χ3n) is 3.91. The van der Waals surface area contributed by atoms with Crippen LogP contribution in [0.3, 0.4) is 0 Å². The Morgan fingerprint density at radius 3 is 2.88 bits per heavy atom. The Kier molecular flexibility index (Phi) is 3.38. The minimum Gasteiger partial charge on any atom is -0.497 e. The number of anilines is 2. The number of benzene rings is 2. The zero-order valence-electron chi connectivity index (χ0n) is 13.1. The highest BCUT2D eigenvalue weighted by Crippen LogP contribution is 2.26. The van der Waals surface area contributed by atoms with Gasteiger partial charge in [0.1, 0.15) is 11.3 Å². The van der Waals surface area contributed by atoms with Gasteiger partial charge in [0.15, 0.2) is 5.65 Å². The van der Waals surface area contributed by atoms with E-state index in [0.29, 0.717) is 23.7 Å². The SMILES string of the molecule is COc1ccc2[nH]c3nc(NCc4ccccc4N)nnc3c2c1. The Labute approximate surface area is 137 Å². The zero-order chi connectivity index (χ0) is 16.5. The van der Waals surface area contributed by atoms with Gasteiger partial charge in [-0.05, 0) is 29.8 Å². The first-order valence-corrected chi connectivity index (χ1v) is 7.52. The third kappa shape index (κ3) is 2.45. The van der Waals surface area contributed by atoms with E-state index in [-0.39, 0.29) is 0 Å². The van der Waals surface area contributed by atoms with Gasteiger partial charge < -0.3 is 20.8 Å². The van der Waals surface area contributed by atoms with E-state index in [4.69, 9.17) is 10.5 Å². The highest BCUT2D eigenvalue weighted by Gasteiger charge is 2.10. The first-order valence-electron chi connectivity index (χ1n) is 7.52. The molecule has 7 nitrogen and oxygen atoms in total. The van der Waals surface area contributed by atoms with E-state index in [2.05, 4.69) is 25.5 Å². The molecule has 24 heavy (non-hydrogen) atoms. The van der Waals surface area contributed by atoms with Crippen LogP contribution in [0.25, 0.3) is 22.1 Å². The Morgan fingerprint density at radius 2 is 2.04 bits per heavy atom. The number of para-hydroxylation sites is 1. The van der Waals surface area contributed by atoms with Crippen LogP contribution in [0.15, 0.2) is 42.5 Å². The highest BCUT2D eigenvalue weighted by atomic mass is 16.5. The molecule has 0 aliphatic carbocycles. The third-order valence-corrected chi connectivity index (χ3v) is 3.91. The number of rotatable bonds is 4. The molecule has 0 aliphatic heterocycles. The van der Waals surface area contributed by atoms with Gasteiger partial charge in [0.05, 0.1) is 7.11 Å². The highest BCUT2D eigenvalue weighted by molar-refractivity contribution is 6.03. The zero-order valence-corrected chi connectivity index (χ0v) is 13.1. The van der Waals surface area contributed by atoms with Crippen molar-refractivity contribution in [2.75, 3.05) is 18.2 Å². The number of nitrogens with zero attached hydrogens (tertiary/aromatic N) is 3. The van der Waals surface area contributed by atoms with Gasteiger partial charge in [0.2, 0.25) is 5.95 Å². The Morgan fingerprint density at radius 1 is 1.17 bits per heavy atom. The van der Waals surface area contributed by atoms with Gasteiger partial charge in [0.25, 0.3) is 0 Å². The summed E-state index contributed by atoms with van der Waals surface area (Å²) < 4.78 is 5.26. The molecule has 0 bridgehead atoms. The van der Waals surface area contributed by atoms with Crippen LogP contribution in [0.1, 0.15) is 5.56 Å². The van der Waals surface area contributed by atoms with Crippen molar-refractivity contribution in [3.05, 3.63) is 48.0 Å². The second kappa shape index (κ2) is 5.69. The van der Waals surface area contributed by atoms with E-state index in [1.807, 2.05) is 42.5 Å². The summed E-state index contributed by atoms with van der Waals surface area (Å²) in [6.45, 7) is 0.536. The maximum atomic E-state index is 5.94. The number of nitrogens with one attached hydrogen (secondary N) is 2.